The van der Waals surface area contributed by atoms with E-state index >= 15 is 0 Å². The molecule has 0 radical (unpaired) electrons. The predicted molar refractivity (Wildman–Crippen MR) is 116 cm³/mol. The fourth-order valence-electron chi connectivity index (χ4n) is 5.28. The van der Waals surface area contributed by atoms with Gasteiger partial charge in [-0.15, -0.1) is 0 Å². The molecule has 7 N–H and O–H groups in total. The molecule has 0 saturated heterocycles. The number of aromatic hydroxyl groups is 2. The van der Waals surface area contributed by atoms with Gasteiger partial charge in [0.05, 0.1) is 22.6 Å². The molecule has 0 spiro atoms. The van der Waals surface area contributed by atoms with Gasteiger partial charge in [0.2, 0.25) is 5.78 Å². The maximum atomic E-state index is 13.7. The lowest BCUT2D eigenvalue weighted by atomic mass is 9.60. The third-order valence-corrected chi connectivity index (χ3v) is 7.08. The highest BCUT2D eigenvalue weighted by Gasteiger charge is 2.63. The number of aryl methyl sites for hydroxylation is 1. The monoisotopic (exact) mass is 462 g/mol. The summed E-state index contributed by atoms with van der Waals surface area (Å²) >= 11 is 6.33. The van der Waals surface area contributed by atoms with Crippen LogP contribution in [-0.4, -0.2) is 74.0 Å². The fraction of sp³-hybridized carbons (Fsp3) is 0.364. The van der Waals surface area contributed by atoms with Gasteiger partial charge in [0.15, 0.2) is 5.60 Å². The number of primary amides is 1. The van der Waals surface area contributed by atoms with Gasteiger partial charge in [0.25, 0.3) is 5.91 Å². The molecule has 1 amide bonds. The molecule has 10 heteroatoms. The van der Waals surface area contributed by atoms with Crippen molar-refractivity contribution in [2.45, 2.75) is 31.1 Å². The quantitative estimate of drug-likeness (QED) is 0.383. The van der Waals surface area contributed by atoms with Gasteiger partial charge in [-0.25, -0.2) is 0 Å². The van der Waals surface area contributed by atoms with E-state index in [0.29, 0.717) is 16.5 Å². The van der Waals surface area contributed by atoms with Gasteiger partial charge in [-0.2, -0.15) is 0 Å². The van der Waals surface area contributed by atoms with Crippen molar-refractivity contribution in [2.24, 2.45) is 11.7 Å². The van der Waals surface area contributed by atoms with Gasteiger partial charge in [-0.1, -0.05) is 11.6 Å². The highest BCUT2D eigenvalue weighted by Crippen LogP contribution is 2.52. The Hall–Kier alpha value is -2.85. The Morgan fingerprint density at radius 1 is 1.22 bits per heavy atom. The van der Waals surface area contributed by atoms with Crippen LogP contribution in [0.4, 0.5) is 0 Å². The number of benzene rings is 2. The number of nitrogens with zero attached hydrogens (tertiary/aromatic N) is 1. The molecule has 0 fully saturated rings. The summed E-state index contributed by atoms with van der Waals surface area (Å²) < 4.78 is 0. The molecule has 9 nitrogen and oxygen atoms in total. The average molecular weight is 463 g/mol. The molecule has 2 aliphatic carbocycles. The van der Waals surface area contributed by atoms with E-state index in [4.69, 9.17) is 17.3 Å². The fourth-order valence-corrected chi connectivity index (χ4v) is 5.58. The van der Waals surface area contributed by atoms with Crippen molar-refractivity contribution in [3.05, 3.63) is 45.2 Å². The summed E-state index contributed by atoms with van der Waals surface area (Å²) in [6, 6.07) is 1.70. The molecule has 0 saturated carbocycles. The zero-order chi connectivity index (χ0) is 23.9. The lowest BCUT2D eigenvalue weighted by molar-refractivity contribution is -0.126. The number of aliphatic hydroxyl groups excluding tert-OH is 2. The molecule has 0 bridgehead atoms. The van der Waals surface area contributed by atoms with Crippen molar-refractivity contribution < 1.29 is 35.1 Å². The summed E-state index contributed by atoms with van der Waals surface area (Å²) in [5.41, 5.74) is 2.69. The van der Waals surface area contributed by atoms with Crippen LogP contribution < -0.4 is 5.73 Å². The van der Waals surface area contributed by atoms with Crippen molar-refractivity contribution >= 4 is 34.1 Å². The number of ketones is 1. The van der Waals surface area contributed by atoms with E-state index in [0.717, 1.165) is 0 Å². The van der Waals surface area contributed by atoms with Crippen molar-refractivity contribution in [2.75, 3.05) is 14.1 Å². The number of hydrogen-bond donors (Lipinski definition) is 6. The number of likely N-dealkylation sites (N-methyl/N-ethyl adjacent to an activating group) is 1. The first-order valence-corrected chi connectivity index (χ1v) is 10.2. The standard InChI is InChI=1S/C22H23ClN2O7/c1-7-8-6-9-16(25(2)3)18(28)15(21(24)31)20(30)22(9,32)19(29)13(8)17(27)14-11(26)5-4-10(23)12(7)14/h4-5,9,16,20,26-28,30,32H,6H2,1-3H3,(H2,24,31)/t9-,16-,20?,22-/m0/s1. The Balaban J connectivity index is 2.09. The van der Waals surface area contributed by atoms with Gasteiger partial charge in [0, 0.05) is 16.3 Å². The summed E-state index contributed by atoms with van der Waals surface area (Å²) in [6.45, 7) is 1.66. The highest BCUT2D eigenvalue weighted by molar-refractivity contribution is 6.36. The van der Waals surface area contributed by atoms with E-state index in [1.807, 2.05) is 0 Å². The molecule has 0 aromatic heterocycles. The Labute approximate surface area is 187 Å². The predicted octanol–water partition coefficient (Wildman–Crippen LogP) is 0.901. The number of phenolic OH excluding ortho intramolecular Hbond substituents is 2. The average Bonchev–Trinajstić information content (AvgIpc) is 2.69. The lowest BCUT2D eigenvalue weighted by Crippen LogP contribution is -2.67. The van der Waals surface area contributed by atoms with Crippen LogP contribution in [0.1, 0.15) is 21.5 Å². The number of hydrogen-bond acceptors (Lipinski definition) is 8. The van der Waals surface area contributed by atoms with E-state index in [-0.39, 0.29) is 28.1 Å². The smallest absolute Gasteiger partial charge is 0.250 e. The van der Waals surface area contributed by atoms with Crippen molar-refractivity contribution in [1.29, 1.82) is 0 Å². The first kappa shape index (κ1) is 22.3. The Kier molecular flexibility index (Phi) is 4.94. The SMILES string of the molecule is Cc1c2c(c(O)c3c(O)ccc(Cl)c13)C(=O)[C@]1(O)C(O)C(C(N)=O)=C(O)[C@@H](N(C)C)[C@@H]1C2. The number of Topliss-reactive ketones (excluding diaryl/α,β-unsaturated/α-hetero) is 1. The van der Waals surface area contributed by atoms with Gasteiger partial charge in [-0.05, 0) is 50.7 Å². The molecule has 170 valence electrons. The van der Waals surface area contributed by atoms with Crippen LogP contribution in [0.15, 0.2) is 23.5 Å². The minimum Gasteiger partial charge on any atom is -0.510 e. The summed E-state index contributed by atoms with van der Waals surface area (Å²) in [5, 5.41) is 55.1. The van der Waals surface area contributed by atoms with Crippen molar-refractivity contribution in [1.82, 2.24) is 4.90 Å². The molecular formula is C22H23ClN2O7. The number of halogens is 1. The van der Waals surface area contributed by atoms with E-state index in [9.17, 15) is 35.1 Å². The maximum absolute atomic E-state index is 13.7. The van der Waals surface area contributed by atoms with E-state index in [2.05, 4.69) is 0 Å². The summed E-state index contributed by atoms with van der Waals surface area (Å²) in [7, 11) is 3.16. The van der Waals surface area contributed by atoms with Crippen LogP contribution in [0, 0.1) is 12.8 Å². The maximum Gasteiger partial charge on any atom is 0.250 e. The lowest BCUT2D eigenvalue weighted by Gasteiger charge is -2.50. The topological polar surface area (TPSA) is 165 Å². The van der Waals surface area contributed by atoms with Crippen LogP contribution in [0.2, 0.25) is 5.02 Å². The Bertz CT molecular complexity index is 1240. The van der Waals surface area contributed by atoms with Gasteiger partial charge >= 0.3 is 0 Å². The first-order chi connectivity index (χ1) is 14.8. The third kappa shape index (κ3) is 2.62. The van der Waals surface area contributed by atoms with Crippen LogP contribution in [0.5, 0.6) is 11.5 Å². The van der Waals surface area contributed by atoms with Gasteiger partial charge in [-0.3, -0.25) is 14.5 Å². The number of phenols is 2. The minimum atomic E-state index is -2.57. The molecular weight excluding hydrogens is 440 g/mol. The summed E-state index contributed by atoms with van der Waals surface area (Å²) in [4.78, 5) is 27.2. The van der Waals surface area contributed by atoms with Gasteiger partial charge < -0.3 is 31.3 Å². The van der Waals surface area contributed by atoms with Crippen LogP contribution >= 0.6 is 11.6 Å². The number of fused-ring (bicyclic) bond motifs is 3. The number of carbonyl (C=O) groups excluding carboxylic acids is 2. The highest BCUT2D eigenvalue weighted by atomic mass is 35.5. The minimum absolute atomic E-state index is 0.0467. The Morgan fingerprint density at radius 2 is 1.84 bits per heavy atom. The number of nitrogens with two attached hydrogens (primary N) is 1. The molecule has 2 aromatic rings. The molecule has 2 aromatic carbocycles. The van der Waals surface area contributed by atoms with Crippen LogP contribution in [0.25, 0.3) is 10.8 Å². The largest absolute Gasteiger partial charge is 0.510 e. The normalized spacial score (nSPS) is 27.6. The zero-order valence-electron chi connectivity index (χ0n) is 17.5. The summed E-state index contributed by atoms with van der Waals surface area (Å²) in [6.07, 6.45) is -2.17. The molecule has 0 heterocycles. The number of amides is 1. The number of carbonyl (C=O) groups is 2. The van der Waals surface area contributed by atoms with E-state index < -0.39 is 52.4 Å². The number of rotatable bonds is 2. The molecule has 4 atom stereocenters. The second-order valence-electron chi connectivity index (χ2n) is 8.58. The second-order valence-corrected chi connectivity index (χ2v) is 8.99. The van der Waals surface area contributed by atoms with Crippen LogP contribution in [0.3, 0.4) is 0 Å². The van der Waals surface area contributed by atoms with Crippen molar-refractivity contribution in [3.8, 4) is 11.5 Å². The second kappa shape index (κ2) is 7.08. The number of aliphatic hydroxyl groups is 3. The van der Waals surface area contributed by atoms with E-state index in [1.165, 1.54) is 17.0 Å². The third-order valence-electron chi connectivity index (χ3n) is 6.77. The molecule has 0 aliphatic heterocycles. The van der Waals surface area contributed by atoms with E-state index in [1.54, 1.807) is 21.0 Å². The van der Waals surface area contributed by atoms with Gasteiger partial charge in [0.1, 0.15) is 23.4 Å². The molecule has 2 aliphatic rings. The Morgan fingerprint density at radius 3 is 2.41 bits per heavy atom. The van der Waals surface area contributed by atoms with Crippen LogP contribution in [-0.2, 0) is 11.2 Å². The first-order valence-electron chi connectivity index (χ1n) is 9.85. The molecule has 4 rings (SSSR count). The molecule has 32 heavy (non-hydrogen) atoms. The summed E-state index contributed by atoms with van der Waals surface area (Å²) in [5.74, 6) is -4.75. The molecule has 1 unspecified atom stereocenters. The zero-order valence-corrected chi connectivity index (χ0v) is 18.3. The van der Waals surface area contributed by atoms with Crippen molar-refractivity contribution in [3.63, 3.8) is 0 Å².